The molecule has 7 heterocycles. The summed E-state index contributed by atoms with van der Waals surface area (Å²) in [6.07, 6.45) is 1.91. The van der Waals surface area contributed by atoms with Gasteiger partial charge in [-0.25, -0.2) is 0 Å². The van der Waals surface area contributed by atoms with Crippen LogP contribution >= 0.6 is 34.0 Å². The van der Waals surface area contributed by atoms with Crippen molar-refractivity contribution in [3.63, 3.8) is 0 Å². The van der Waals surface area contributed by atoms with Gasteiger partial charge in [0.25, 0.3) is 0 Å². The van der Waals surface area contributed by atoms with Gasteiger partial charge in [-0.05, 0) is 178 Å². The molecule has 0 saturated carbocycles. The van der Waals surface area contributed by atoms with Gasteiger partial charge in [0.15, 0.2) is 0 Å². The molecule has 0 fully saturated rings. The van der Waals surface area contributed by atoms with Crippen molar-refractivity contribution >= 4 is 246 Å². The predicted molar refractivity (Wildman–Crippen MR) is 556 cm³/mol. The van der Waals surface area contributed by atoms with E-state index in [4.69, 9.17) is 4.98 Å². The van der Waals surface area contributed by atoms with Crippen LogP contribution in [0.2, 0.25) is 0 Å². The normalized spacial score (nSPS) is 12.7. The highest BCUT2D eigenvalue weighted by atomic mass is 32.1. The maximum atomic E-state index is 4.83. The highest BCUT2D eigenvalue weighted by Gasteiger charge is 2.47. The highest BCUT2D eigenvalue weighted by Crippen LogP contribution is 2.61. The molecule has 0 aliphatic heterocycles. The average Bonchev–Trinajstić information content (AvgIpc) is 1.51. The lowest BCUT2D eigenvalue weighted by atomic mass is 9.67. The minimum absolute atomic E-state index is 0.469. The molecule has 29 aromatic rings. The van der Waals surface area contributed by atoms with E-state index in [-0.39, 0.29) is 0 Å². The quantitative estimate of drug-likeness (QED) is 0.158. The molecule has 0 radical (unpaired) electrons. The highest BCUT2D eigenvalue weighted by molar-refractivity contribution is 7.27. The van der Waals surface area contributed by atoms with Crippen molar-refractivity contribution in [3.8, 4) is 28.2 Å². The molecule has 22 aromatic carbocycles. The number of pyridine rings is 1. The van der Waals surface area contributed by atoms with E-state index in [1.54, 1.807) is 0 Å². The summed E-state index contributed by atoms with van der Waals surface area (Å²) in [5, 5.41) is 35.2. The molecular weight excluding hydrogens is 1620 g/mol. The van der Waals surface area contributed by atoms with Crippen LogP contribution in [0.3, 0.4) is 0 Å². The first-order chi connectivity index (χ1) is 64.1. The van der Waals surface area contributed by atoms with Crippen LogP contribution in [0.5, 0.6) is 0 Å². The Labute approximate surface area is 751 Å². The molecule has 129 heavy (non-hydrogen) atoms. The Balaban J connectivity index is 0.000000100. The summed E-state index contributed by atoms with van der Waals surface area (Å²) in [6, 6.07) is 159. The molecule has 0 N–H and O–H groups in total. The van der Waals surface area contributed by atoms with Gasteiger partial charge in [0.2, 0.25) is 0 Å². The van der Waals surface area contributed by atoms with E-state index in [1.165, 1.54) is 251 Å². The van der Waals surface area contributed by atoms with Crippen LogP contribution < -0.4 is 0 Å². The van der Waals surface area contributed by atoms with Crippen LogP contribution in [0.4, 0.5) is 0 Å². The summed E-state index contributed by atoms with van der Waals surface area (Å²) in [5.41, 5.74) is 19.5. The van der Waals surface area contributed by atoms with Crippen LogP contribution in [-0.2, 0) is 5.41 Å². The second-order valence-corrected chi connectivity index (χ2v) is 37.6. The van der Waals surface area contributed by atoms with Crippen LogP contribution in [0.15, 0.2) is 437 Å². The molecule has 0 bridgehead atoms. The average molecular weight is 1690 g/mol. The van der Waals surface area contributed by atoms with Crippen LogP contribution in [0.25, 0.3) is 240 Å². The smallest absolute Gasteiger partial charge is 0.0889 e. The molecular formula is C122H72N4S3. The summed E-state index contributed by atoms with van der Waals surface area (Å²) >= 11 is 5.63. The number of benzene rings is 22. The number of aromatic nitrogens is 4. The number of fused-ring (bicyclic) bond motifs is 42. The Hall–Kier alpha value is -15.9. The van der Waals surface area contributed by atoms with Crippen molar-refractivity contribution in [1.29, 1.82) is 0 Å². The first-order valence-electron chi connectivity index (χ1n) is 44.3. The molecule has 7 heteroatoms. The fourth-order valence-electron chi connectivity index (χ4n) is 22.8. The summed E-state index contributed by atoms with van der Waals surface area (Å²) in [7, 11) is 0. The summed E-state index contributed by atoms with van der Waals surface area (Å²) in [6.45, 7) is 0. The molecule has 1 aliphatic rings. The van der Waals surface area contributed by atoms with Crippen LogP contribution in [0.1, 0.15) is 22.3 Å². The van der Waals surface area contributed by atoms with Gasteiger partial charge in [-0.15, -0.1) is 34.0 Å². The van der Waals surface area contributed by atoms with Crippen molar-refractivity contribution in [2.75, 3.05) is 0 Å². The number of nitrogens with zero attached hydrogens (tertiary/aromatic N) is 4. The second-order valence-electron chi connectivity index (χ2n) is 34.4. The number of hydrogen-bond donors (Lipinski definition) is 0. The van der Waals surface area contributed by atoms with Gasteiger partial charge in [-0.2, -0.15) is 0 Å². The largest absolute Gasteiger partial charge is 0.309 e. The number of para-hydroxylation sites is 4. The van der Waals surface area contributed by atoms with E-state index in [9.17, 15) is 0 Å². The lowest BCUT2D eigenvalue weighted by Crippen LogP contribution is -2.28. The third-order valence-electron chi connectivity index (χ3n) is 28.0. The topological polar surface area (TPSA) is 27.7 Å². The number of hydrogen-bond acceptors (Lipinski definition) is 4. The van der Waals surface area contributed by atoms with E-state index >= 15 is 0 Å². The molecule has 598 valence electrons. The number of rotatable bonds is 5. The van der Waals surface area contributed by atoms with Gasteiger partial charge < -0.3 is 13.7 Å². The molecule has 0 saturated heterocycles. The SMILES string of the molecule is c1ccc(-n2c3ccccc3c3ccc4c5c6ccccc6sc5c5ccccc5c4c32)cc1.c1ccc(C2(c3ccccc3)c3ccccc3-c3c2ccc2c3c3ccccc3c3c4ccccc4n(-c4ccc5sc6cccnc6c5c4)c23)cc1.c1ccc2c(c1)ccc1cc(-n3c4ccccc4c4ccc5c6c7ccccc7sc6c6ccccc6c5c43)ccc12. The van der Waals surface area contributed by atoms with Gasteiger partial charge in [0.05, 0.1) is 48.7 Å². The first kappa shape index (κ1) is 72.4. The van der Waals surface area contributed by atoms with Crippen molar-refractivity contribution < 1.29 is 0 Å². The van der Waals surface area contributed by atoms with Gasteiger partial charge in [0, 0.05) is 133 Å². The zero-order valence-corrected chi connectivity index (χ0v) is 72.0. The Kier molecular flexibility index (Phi) is 15.8. The second kappa shape index (κ2) is 28.1. The van der Waals surface area contributed by atoms with E-state index in [2.05, 4.69) is 438 Å². The van der Waals surface area contributed by atoms with E-state index in [0.717, 1.165) is 11.2 Å². The van der Waals surface area contributed by atoms with E-state index in [0.29, 0.717) is 0 Å². The summed E-state index contributed by atoms with van der Waals surface area (Å²) < 4.78 is 15.4. The zero-order chi connectivity index (χ0) is 84.3. The number of thiophene rings is 3. The molecule has 4 nitrogen and oxygen atoms in total. The lowest BCUT2D eigenvalue weighted by molar-refractivity contribution is 0.769. The minimum Gasteiger partial charge on any atom is -0.309 e. The lowest BCUT2D eigenvalue weighted by Gasteiger charge is -2.34. The van der Waals surface area contributed by atoms with Crippen molar-refractivity contribution in [2.45, 2.75) is 5.41 Å². The third kappa shape index (κ3) is 10.3. The summed E-state index contributed by atoms with van der Waals surface area (Å²) in [5.74, 6) is 0. The van der Waals surface area contributed by atoms with Crippen LogP contribution in [-0.4, -0.2) is 18.7 Å². The Bertz CT molecular complexity index is 9810. The van der Waals surface area contributed by atoms with Gasteiger partial charge in [-0.3, -0.25) is 4.98 Å². The third-order valence-corrected chi connectivity index (χ3v) is 31.5. The molecule has 0 spiro atoms. The standard InChI is InChI=1S/C50H30N2S.C40H23NS.C32H19NS/c1-3-14-31(15-4-1)50(32-16-5-2-6-17-32)40-22-11-9-20-36(40)47-41(50)27-26-38-45(47)34-18-7-8-19-35(34)46-37-21-10-12-23-42(37)52(49(38)46)33-25-28-43-39(30-33)48-44(53-43)24-13-29-51-48;1-2-10-27-24(9-1)17-18-25-23-26(19-20-28(25)27)41-35-15-7-5-11-29(35)31-21-22-34-37(39(31)41)30-12-3-4-13-32(30)40-38(34)33-14-6-8-16-36(33)42-40;1-2-10-20(11-3-1)33-27-16-8-6-12-21(27)23-18-19-26-29(31(23)33)22-13-4-5-14-24(22)32-30(26)25-15-7-9-17-28(25)34-32/h1-30H;1-23H;1-19H. The van der Waals surface area contributed by atoms with Gasteiger partial charge in [-0.1, -0.05) is 346 Å². The molecule has 7 aromatic heterocycles. The first-order valence-corrected chi connectivity index (χ1v) is 46.7. The molecule has 30 rings (SSSR count). The van der Waals surface area contributed by atoms with Crippen LogP contribution in [0, 0.1) is 0 Å². The molecule has 0 unspecified atom stereocenters. The maximum Gasteiger partial charge on any atom is 0.0889 e. The zero-order valence-electron chi connectivity index (χ0n) is 69.6. The van der Waals surface area contributed by atoms with Crippen molar-refractivity contribution in [2.24, 2.45) is 0 Å². The van der Waals surface area contributed by atoms with E-state index < -0.39 is 5.41 Å². The summed E-state index contributed by atoms with van der Waals surface area (Å²) in [4.78, 5) is 4.83. The minimum atomic E-state index is -0.469. The van der Waals surface area contributed by atoms with Crippen molar-refractivity contribution in [1.82, 2.24) is 18.7 Å². The molecule has 0 atom stereocenters. The molecule has 1 aliphatic carbocycles. The van der Waals surface area contributed by atoms with E-state index in [1.807, 2.05) is 46.3 Å². The maximum absolute atomic E-state index is 4.83. The monoisotopic (exact) mass is 1690 g/mol. The fourth-order valence-corrected chi connectivity index (χ4v) is 26.4. The fraction of sp³-hybridized carbons (Fsp3) is 0.00820. The van der Waals surface area contributed by atoms with Gasteiger partial charge in [0.1, 0.15) is 0 Å². The Morgan fingerprint density at radius 1 is 0.209 bits per heavy atom. The molecule has 0 amide bonds. The van der Waals surface area contributed by atoms with Crippen molar-refractivity contribution in [3.05, 3.63) is 459 Å². The Morgan fingerprint density at radius 2 is 0.612 bits per heavy atom. The predicted octanol–water partition coefficient (Wildman–Crippen LogP) is 34.4. The Morgan fingerprint density at radius 3 is 1.22 bits per heavy atom. The van der Waals surface area contributed by atoms with Gasteiger partial charge >= 0.3 is 0 Å².